The fourth-order valence-corrected chi connectivity index (χ4v) is 7.91. The summed E-state index contributed by atoms with van der Waals surface area (Å²) < 4.78 is 7.81. The van der Waals surface area contributed by atoms with Crippen LogP contribution in [0.2, 0.25) is 10.0 Å². The maximum atomic E-state index is 15.3. The van der Waals surface area contributed by atoms with E-state index in [-0.39, 0.29) is 17.6 Å². The lowest BCUT2D eigenvalue weighted by atomic mass is 9.83. The molecule has 2 aromatic heterocycles. The lowest BCUT2D eigenvalue weighted by molar-refractivity contribution is -0.123. The Balaban J connectivity index is 1.38. The summed E-state index contributed by atoms with van der Waals surface area (Å²) in [6.45, 7) is 9.25. The van der Waals surface area contributed by atoms with Crippen LogP contribution in [0, 0.1) is 6.92 Å². The first kappa shape index (κ1) is 32.2. The van der Waals surface area contributed by atoms with Crippen molar-refractivity contribution in [2.75, 3.05) is 13.1 Å². The van der Waals surface area contributed by atoms with Crippen LogP contribution in [0.4, 0.5) is 0 Å². The number of benzene rings is 3. The molecule has 7 rings (SSSR count). The predicted octanol–water partition coefficient (Wildman–Crippen LogP) is 8.78. The van der Waals surface area contributed by atoms with Crippen molar-refractivity contribution in [1.82, 2.24) is 19.7 Å². The van der Waals surface area contributed by atoms with Gasteiger partial charge in [0.25, 0.3) is 5.91 Å². The molecule has 48 heavy (non-hydrogen) atoms. The predicted molar refractivity (Wildman–Crippen MR) is 187 cm³/mol. The molecule has 2 aliphatic heterocycles. The number of likely N-dealkylation sites (N-methyl/N-ethyl adjacent to an activating group) is 1. The molecule has 0 spiro atoms. The van der Waals surface area contributed by atoms with Crippen LogP contribution in [0.3, 0.4) is 0 Å². The molecule has 0 radical (unpaired) electrons. The zero-order chi connectivity index (χ0) is 33.7. The zero-order valence-electron chi connectivity index (χ0n) is 27.2. The van der Waals surface area contributed by atoms with Crippen LogP contribution < -0.4 is 0 Å². The molecule has 3 aromatic carbocycles. The van der Waals surface area contributed by atoms with E-state index in [1.54, 1.807) is 23.0 Å². The fraction of sp³-hybridized carbons (Fsp3) is 0.289. The van der Waals surface area contributed by atoms with E-state index in [0.29, 0.717) is 63.5 Å². The van der Waals surface area contributed by atoms with Crippen LogP contribution >= 0.6 is 23.2 Å². The first-order valence-corrected chi connectivity index (χ1v) is 17.0. The van der Waals surface area contributed by atoms with Gasteiger partial charge in [-0.2, -0.15) is 0 Å². The molecule has 0 saturated carbocycles. The molecule has 2 aliphatic rings. The van der Waals surface area contributed by atoms with Crippen molar-refractivity contribution in [2.45, 2.75) is 58.7 Å². The molecule has 1 fully saturated rings. The second-order valence-corrected chi connectivity index (χ2v) is 13.1. The van der Waals surface area contributed by atoms with E-state index in [1.807, 2.05) is 68.4 Å². The topological polar surface area (TPSA) is 80.8 Å². The average Bonchev–Trinajstić information content (AvgIpc) is 3.87. The van der Waals surface area contributed by atoms with E-state index in [4.69, 9.17) is 32.6 Å². The summed E-state index contributed by atoms with van der Waals surface area (Å²) in [6.07, 6.45) is 2.73. The van der Waals surface area contributed by atoms with E-state index in [1.165, 1.54) is 0 Å². The van der Waals surface area contributed by atoms with Crippen molar-refractivity contribution in [1.29, 1.82) is 0 Å². The molecule has 1 amide bonds. The van der Waals surface area contributed by atoms with Crippen molar-refractivity contribution < 1.29 is 18.9 Å². The van der Waals surface area contributed by atoms with Gasteiger partial charge in [0.05, 0.1) is 10.6 Å². The number of fused-ring (bicyclic) bond motifs is 1. The highest BCUT2D eigenvalue weighted by atomic mass is 35.5. The Kier molecular flexibility index (Phi) is 8.66. The Morgan fingerprint density at radius 3 is 2.33 bits per heavy atom. The van der Waals surface area contributed by atoms with Gasteiger partial charge in [-0.15, -0.1) is 5.06 Å². The number of carbonyl (C=O) groups excluding carboxylic acids is 2. The summed E-state index contributed by atoms with van der Waals surface area (Å²) in [7, 11) is 0. The number of amides is 1. The van der Waals surface area contributed by atoms with Gasteiger partial charge in [0.2, 0.25) is 0 Å². The van der Waals surface area contributed by atoms with E-state index < -0.39 is 12.1 Å². The number of likely N-dealkylation sites (tertiary alicyclic amines) is 1. The van der Waals surface area contributed by atoms with Gasteiger partial charge < -0.3 is 18.8 Å². The Bertz CT molecular complexity index is 2080. The lowest BCUT2D eigenvalue weighted by Gasteiger charge is -2.30. The normalized spacial score (nSPS) is 19.8. The van der Waals surface area contributed by atoms with Crippen LogP contribution in [-0.2, 0) is 16.2 Å². The molecule has 0 N–H and O–H groups in total. The molecular weight excluding hydrogens is 647 g/mol. The SMILES string of the molecule is CCN1OC(C)=C(C(=O)C2C(c3cn(CC)c4ccccc34)CCN2C(=O)c2c(-c3ccccc3Cl)noc2C)C1c1ccccc1Cl. The standard InChI is InChI=1S/C38H36Cl2N4O4/c1-5-42-21-28(24-13-9-12-18-31(24)42)25-19-20-43(38(46)32-22(3)47-41-34(32)26-14-7-10-16-29(26)39)36(25)37(45)33-23(4)48-44(6-2)35(33)27-15-8-11-17-30(27)40/h7-18,21,25,35-36H,5-6,19-20H2,1-4H3. The fourth-order valence-electron chi connectivity index (χ4n) is 7.44. The Morgan fingerprint density at radius 1 is 0.896 bits per heavy atom. The van der Waals surface area contributed by atoms with Gasteiger partial charge in [-0.05, 0) is 63.4 Å². The highest BCUT2D eigenvalue weighted by molar-refractivity contribution is 6.33. The minimum Gasteiger partial charge on any atom is -0.409 e. The molecule has 8 nitrogen and oxygen atoms in total. The Hall–Kier alpha value is -4.37. The zero-order valence-corrected chi connectivity index (χ0v) is 28.8. The average molecular weight is 684 g/mol. The van der Waals surface area contributed by atoms with Gasteiger partial charge in [0.15, 0.2) is 5.78 Å². The smallest absolute Gasteiger partial charge is 0.260 e. The van der Waals surface area contributed by atoms with Crippen LogP contribution in [0.5, 0.6) is 0 Å². The third kappa shape index (κ3) is 5.23. The van der Waals surface area contributed by atoms with Crippen molar-refractivity contribution >= 4 is 45.8 Å². The number of ketones is 1. The molecule has 0 aliphatic carbocycles. The molecular formula is C38H36Cl2N4O4. The first-order chi connectivity index (χ1) is 23.2. The number of hydrogen-bond acceptors (Lipinski definition) is 6. The Morgan fingerprint density at radius 2 is 1.60 bits per heavy atom. The largest absolute Gasteiger partial charge is 0.409 e. The van der Waals surface area contributed by atoms with Crippen LogP contribution in [0.25, 0.3) is 22.2 Å². The molecule has 3 unspecified atom stereocenters. The molecule has 10 heteroatoms. The van der Waals surface area contributed by atoms with Crippen LogP contribution in [-0.4, -0.2) is 50.5 Å². The number of Topliss-reactive ketones (excluding diaryl/α,β-unsaturated/α-hetero) is 1. The molecule has 1 saturated heterocycles. The lowest BCUT2D eigenvalue weighted by Crippen LogP contribution is -2.44. The third-order valence-electron chi connectivity index (χ3n) is 9.66. The molecule has 3 atom stereocenters. The number of carbonyl (C=O) groups is 2. The summed E-state index contributed by atoms with van der Waals surface area (Å²) in [5.41, 5.74) is 4.62. The molecule has 5 aromatic rings. The number of aromatic nitrogens is 2. The summed E-state index contributed by atoms with van der Waals surface area (Å²) >= 11 is 13.3. The van der Waals surface area contributed by atoms with Crippen molar-refractivity contribution in [3.8, 4) is 11.3 Å². The van der Waals surface area contributed by atoms with Gasteiger partial charge in [0, 0.05) is 53.2 Å². The second kappa shape index (κ2) is 12.9. The summed E-state index contributed by atoms with van der Waals surface area (Å²) in [5, 5.41) is 8.11. The monoisotopic (exact) mass is 682 g/mol. The number of rotatable bonds is 8. The number of halogens is 2. The number of hydrogen-bond donors (Lipinski definition) is 0. The second-order valence-electron chi connectivity index (χ2n) is 12.3. The third-order valence-corrected chi connectivity index (χ3v) is 10.3. The van der Waals surface area contributed by atoms with E-state index in [0.717, 1.165) is 28.6 Å². The Labute approximate surface area is 289 Å². The molecule has 4 heterocycles. The van der Waals surface area contributed by atoms with Gasteiger partial charge in [-0.3, -0.25) is 9.59 Å². The first-order valence-electron chi connectivity index (χ1n) is 16.3. The minimum absolute atomic E-state index is 0.175. The maximum Gasteiger partial charge on any atom is 0.260 e. The summed E-state index contributed by atoms with van der Waals surface area (Å²) in [4.78, 5) is 38.1. The van der Waals surface area contributed by atoms with E-state index in [9.17, 15) is 4.79 Å². The van der Waals surface area contributed by atoms with Crippen molar-refractivity contribution in [3.63, 3.8) is 0 Å². The van der Waals surface area contributed by atoms with Gasteiger partial charge in [0.1, 0.15) is 34.9 Å². The van der Waals surface area contributed by atoms with Crippen molar-refractivity contribution in [2.24, 2.45) is 0 Å². The highest BCUT2D eigenvalue weighted by Crippen LogP contribution is 2.46. The van der Waals surface area contributed by atoms with E-state index >= 15 is 4.79 Å². The van der Waals surface area contributed by atoms with Gasteiger partial charge >= 0.3 is 0 Å². The minimum atomic E-state index is -0.836. The van der Waals surface area contributed by atoms with E-state index in [2.05, 4.69) is 35.0 Å². The van der Waals surface area contributed by atoms with Crippen LogP contribution in [0.15, 0.2) is 94.8 Å². The van der Waals surface area contributed by atoms with Crippen LogP contribution in [0.1, 0.15) is 66.4 Å². The number of aryl methyl sites for hydroxylation is 2. The van der Waals surface area contributed by atoms with Crippen molar-refractivity contribution in [3.05, 3.63) is 123 Å². The van der Waals surface area contributed by atoms with Gasteiger partial charge in [-0.1, -0.05) is 83.0 Å². The maximum absolute atomic E-state index is 15.3. The number of nitrogens with zero attached hydrogens (tertiary/aromatic N) is 4. The number of para-hydroxylation sites is 1. The highest BCUT2D eigenvalue weighted by Gasteiger charge is 2.50. The molecule has 0 bridgehead atoms. The summed E-state index contributed by atoms with van der Waals surface area (Å²) in [5.74, 6) is 0.0658. The molecule has 246 valence electrons. The number of allylic oxidation sites excluding steroid dienone is 1. The summed E-state index contributed by atoms with van der Waals surface area (Å²) in [6, 6.07) is 21.6. The quantitative estimate of drug-likeness (QED) is 0.163. The number of hydroxylamine groups is 2. The van der Waals surface area contributed by atoms with Gasteiger partial charge in [-0.25, -0.2) is 0 Å².